The summed E-state index contributed by atoms with van der Waals surface area (Å²) in [7, 11) is 0. The van der Waals surface area contributed by atoms with Crippen LogP contribution >= 0.6 is 0 Å². The van der Waals surface area contributed by atoms with Gasteiger partial charge in [-0.05, 0) is 55.0 Å². The van der Waals surface area contributed by atoms with Crippen LogP contribution in [0.1, 0.15) is 44.6 Å². The van der Waals surface area contributed by atoms with Crippen LogP contribution in [0.2, 0.25) is 0 Å². The Balaban J connectivity index is 1.60. The molecule has 0 spiro atoms. The Bertz CT molecular complexity index is 1480. The molecule has 2 aromatic carbocycles. The minimum Gasteiger partial charge on any atom is -0.508 e. The summed E-state index contributed by atoms with van der Waals surface area (Å²) in [4.78, 5) is 54.9. The number of carbonyl (C=O) groups is 4. The molecule has 2 aromatic rings. The predicted molar refractivity (Wildman–Crippen MR) is 134 cm³/mol. The first-order valence-electron chi connectivity index (χ1n) is 12.6. The number of hydrogen-bond acceptors (Lipinski definition) is 5. The SMILES string of the molecule is CCCN1C(=O)C2CC=C3C(c4c(O)ccc5ccccc45)C4=C(CC3C2C1=O)C(=O)C=C(C)C4=O. The topological polar surface area (TPSA) is 91.8 Å². The molecule has 0 aromatic heterocycles. The largest absolute Gasteiger partial charge is 0.508 e. The number of fused-ring (bicyclic) bond motifs is 4. The molecule has 1 fully saturated rings. The molecule has 6 nitrogen and oxygen atoms in total. The van der Waals surface area contributed by atoms with Crippen molar-refractivity contribution in [1.82, 2.24) is 4.90 Å². The molecule has 0 radical (unpaired) electrons. The molecule has 2 amide bonds. The van der Waals surface area contributed by atoms with Crippen molar-refractivity contribution in [3.63, 3.8) is 0 Å². The van der Waals surface area contributed by atoms with Crippen molar-refractivity contribution in [1.29, 1.82) is 0 Å². The Hall–Kier alpha value is -3.80. The lowest BCUT2D eigenvalue weighted by Crippen LogP contribution is -2.40. The van der Waals surface area contributed by atoms with Crippen LogP contribution in [0.5, 0.6) is 5.75 Å². The summed E-state index contributed by atoms with van der Waals surface area (Å²) >= 11 is 0. The molecule has 6 heteroatoms. The van der Waals surface area contributed by atoms with Gasteiger partial charge >= 0.3 is 0 Å². The van der Waals surface area contributed by atoms with Gasteiger partial charge in [0.1, 0.15) is 5.75 Å². The first kappa shape index (κ1) is 22.7. The van der Waals surface area contributed by atoms with Gasteiger partial charge in [0.25, 0.3) is 0 Å². The lowest BCUT2D eigenvalue weighted by Gasteiger charge is -2.42. The Kier molecular flexibility index (Phi) is 5.11. The Morgan fingerprint density at radius 2 is 1.78 bits per heavy atom. The van der Waals surface area contributed by atoms with Crippen molar-refractivity contribution < 1.29 is 24.3 Å². The van der Waals surface area contributed by atoms with Crippen molar-refractivity contribution in [3.05, 3.63) is 76.4 Å². The number of Topliss-reactive ketones (excluding diaryl/α,β-unsaturated/α-hetero) is 1. The third-order valence-electron chi connectivity index (χ3n) is 8.34. The van der Waals surface area contributed by atoms with Gasteiger partial charge in [-0.2, -0.15) is 0 Å². The smallest absolute Gasteiger partial charge is 0.233 e. The molecule has 1 heterocycles. The number of nitrogens with zero attached hydrogens (tertiary/aromatic N) is 1. The number of carbonyl (C=O) groups excluding carboxylic acids is 4. The molecule has 4 unspecified atom stereocenters. The highest BCUT2D eigenvalue weighted by molar-refractivity contribution is 6.24. The van der Waals surface area contributed by atoms with Gasteiger partial charge in [-0.1, -0.05) is 48.9 Å². The summed E-state index contributed by atoms with van der Waals surface area (Å²) in [5.41, 5.74) is 2.61. The lowest BCUT2D eigenvalue weighted by molar-refractivity contribution is -0.140. The van der Waals surface area contributed by atoms with Crippen LogP contribution in [0.3, 0.4) is 0 Å². The van der Waals surface area contributed by atoms with Crippen LogP contribution in [0.4, 0.5) is 0 Å². The second-order valence-electron chi connectivity index (χ2n) is 10.3. The zero-order valence-electron chi connectivity index (χ0n) is 20.3. The third-order valence-corrected chi connectivity index (χ3v) is 8.34. The average molecular weight is 482 g/mol. The number of rotatable bonds is 3. The maximum absolute atomic E-state index is 13.6. The number of allylic oxidation sites excluding steroid dienone is 6. The fraction of sp³-hybridized carbons (Fsp3) is 0.333. The number of hydrogen-bond donors (Lipinski definition) is 1. The number of likely N-dealkylation sites (tertiary alicyclic amines) is 1. The van der Waals surface area contributed by atoms with E-state index in [1.807, 2.05) is 43.3 Å². The molecule has 1 N–H and O–H groups in total. The number of imide groups is 1. The monoisotopic (exact) mass is 481 g/mol. The van der Waals surface area contributed by atoms with Crippen molar-refractivity contribution in [2.75, 3.05) is 6.54 Å². The summed E-state index contributed by atoms with van der Waals surface area (Å²) in [5, 5.41) is 12.9. The molecule has 0 saturated carbocycles. The van der Waals surface area contributed by atoms with Gasteiger partial charge in [-0.15, -0.1) is 0 Å². The van der Waals surface area contributed by atoms with Crippen molar-refractivity contribution in [2.24, 2.45) is 17.8 Å². The first-order valence-corrected chi connectivity index (χ1v) is 12.6. The third kappa shape index (κ3) is 3.03. The summed E-state index contributed by atoms with van der Waals surface area (Å²) in [6.07, 6.45) is 4.70. The van der Waals surface area contributed by atoms with Crippen LogP contribution in [0, 0.1) is 17.8 Å². The molecule has 1 aliphatic heterocycles. The number of phenolic OH excluding ortho intramolecular Hbond substituents is 1. The van der Waals surface area contributed by atoms with Crippen molar-refractivity contribution in [3.8, 4) is 5.75 Å². The van der Waals surface area contributed by atoms with Gasteiger partial charge in [-0.3, -0.25) is 24.1 Å². The highest BCUT2D eigenvalue weighted by atomic mass is 16.3. The van der Waals surface area contributed by atoms with Crippen LogP contribution in [0.15, 0.2) is 70.8 Å². The molecule has 3 aliphatic carbocycles. The lowest BCUT2D eigenvalue weighted by atomic mass is 9.59. The second-order valence-corrected chi connectivity index (χ2v) is 10.3. The molecule has 182 valence electrons. The zero-order chi connectivity index (χ0) is 25.3. The molecule has 6 rings (SSSR count). The van der Waals surface area contributed by atoms with Gasteiger partial charge in [-0.25, -0.2) is 0 Å². The molecule has 1 saturated heterocycles. The highest BCUT2D eigenvalue weighted by Crippen LogP contribution is 2.57. The summed E-state index contributed by atoms with van der Waals surface area (Å²) in [6, 6.07) is 11.1. The molecular formula is C30H27NO5. The molecule has 4 atom stereocenters. The second kappa shape index (κ2) is 8.12. The molecule has 0 bridgehead atoms. The van der Waals surface area contributed by atoms with E-state index in [0.717, 1.165) is 16.3 Å². The minimum atomic E-state index is -0.658. The van der Waals surface area contributed by atoms with Gasteiger partial charge in [0.15, 0.2) is 11.6 Å². The van der Waals surface area contributed by atoms with Crippen molar-refractivity contribution in [2.45, 2.75) is 39.0 Å². The molecule has 4 aliphatic rings. The van der Waals surface area contributed by atoms with E-state index in [-0.39, 0.29) is 41.5 Å². The van der Waals surface area contributed by atoms with E-state index in [9.17, 15) is 24.3 Å². The number of aromatic hydroxyl groups is 1. The minimum absolute atomic E-state index is 0.0445. The fourth-order valence-corrected chi connectivity index (χ4v) is 6.79. The van der Waals surface area contributed by atoms with Crippen molar-refractivity contribution >= 4 is 34.2 Å². The summed E-state index contributed by atoms with van der Waals surface area (Å²) in [6.45, 7) is 3.96. The first-order chi connectivity index (χ1) is 17.3. The Morgan fingerprint density at radius 1 is 1.00 bits per heavy atom. The maximum Gasteiger partial charge on any atom is 0.233 e. The summed E-state index contributed by atoms with van der Waals surface area (Å²) in [5.74, 6) is -2.77. The van der Waals surface area contributed by atoms with Gasteiger partial charge in [0.2, 0.25) is 11.8 Å². The van der Waals surface area contributed by atoms with E-state index >= 15 is 0 Å². The van der Waals surface area contributed by atoms with Crippen LogP contribution in [0.25, 0.3) is 10.8 Å². The van der Waals surface area contributed by atoms with E-state index in [4.69, 9.17) is 0 Å². The Labute approximate surface area is 209 Å². The van der Waals surface area contributed by atoms with E-state index in [0.29, 0.717) is 41.7 Å². The average Bonchev–Trinajstić information content (AvgIpc) is 3.11. The number of amides is 2. The molecule has 36 heavy (non-hydrogen) atoms. The molecular weight excluding hydrogens is 454 g/mol. The van der Waals surface area contributed by atoms with E-state index in [2.05, 4.69) is 0 Å². The predicted octanol–water partition coefficient (Wildman–Crippen LogP) is 4.38. The standard InChI is InChI=1S/C30H27NO5/c1-3-12-31-29(35)19-10-9-18-20(24(19)30(31)36)14-21-23(33)13-15(2)28(34)27(21)26(18)25-17-7-5-4-6-16(17)8-11-22(25)32/h4-9,11,13,19-20,24,26,32H,3,10,12,14H2,1-2H3. The number of benzene rings is 2. The maximum atomic E-state index is 13.6. The van der Waals surface area contributed by atoms with Crippen LogP contribution in [-0.4, -0.2) is 39.9 Å². The van der Waals surface area contributed by atoms with Gasteiger partial charge < -0.3 is 5.11 Å². The quantitative estimate of drug-likeness (QED) is 0.399. The van der Waals surface area contributed by atoms with Gasteiger partial charge in [0.05, 0.1) is 11.8 Å². The van der Waals surface area contributed by atoms with Crippen LogP contribution in [-0.2, 0) is 19.2 Å². The number of phenols is 1. The Morgan fingerprint density at radius 3 is 2.56 bits per heavy atom. The van der Waals surface area contributed by atoms with E-state index in [1.165, 1.54) is 11.0 Å². The van der Waals surface area contributed by atoms with Gasteiger partial charge in [0, 0.05) is 34.7 Å². The normalized spacial score (nSPS) is 27.7. The fourth-order valence-electron chi connectivity index (χ4n) is 6.79. The highest BCUT2D eigenvalue weighted by Gasteiger charge is 2.56. The van der Waals surface area contributed by atoms with E-state index in [1.54, 1.807) is 13.0 Å². The summed E-state index contributed by atoms with van der Waals surface area (Å²) < 4.78 is 0. The number of ketones is 2. The zero-order valence-corrected chi connectivity index (χ0v) is 20.3. The van der Waals surface area contributed by atoms with Crippen LogP contribution < -0.4 is 0 Å². The van der Waals surface area contributed by atoms with E-state index < -0.39 is 17.8 Å².